The lowest BCUT2D eigenvalue weighted by atomic mass is 10.1. The van der Waals surface area contributed by atoms with Gasteiger partial charge in [-0.25, -0.2) is 0 Å². The Morgan fingerprint density at radius 2 is 0.600 bits per heavy atom. The van der Waals surface area contributed by atoms with Gasteiger partial charge < -0.3 is 14.2 Å². The molecule has 0 radical (unpaired) electrons. The first kappa shape index (κ1) is 61.1. The quantitative estimate of drug-likeness (QED) is 0.0262. The number of hydrogen-bond donors (Lipinski definition) is 0. The highest BCUT2D eigenvalue weighted by Gasteiger charge is 2.19. The molecule has 1 atom stereocenters. The first-order valence-electron chi connectivity index (χ1n) is 26.5. The predicted molar refractivity (Wildman–Crippen MR) is 279 cm³/mol. The van der Waals surface area contributed by atoms with E-state index in [-0.39, 0.29) is 37.5 Å². The first-order chi connectivity index (χ1) is 32.0. The molecular weight excluding hydrogens is 805 g/mol. The SMILES string of the molecule is CC\C=C/C=C\C=C/C=C\CCCCCC(=O)OCC(COC(=O)CCCCCCC\C=C/C=C\C=C/CCCCCCC)OC(=O)CCCCC/C=C\C=C/CCCCCCCCC. The summed E-state index contributed by atoms with van der Waals surface area (Å²) in [6, 6.07) is 0. The Morgan fingerprint density at radius 3 is 0.969 bits per heavy atom. The van der Waals surface area contributed by atoms with Gasteiger partial charge in [0.25, 0.3) is 0 Å². The lowest BCUT2D eigenvalue weighted by Gasteiger charge is -2.18. The Labute approximate surface area is 400 Å². The van der Waals surface area contributed by atoms with Gasteiger partial charge in [-0.2, -0.15) is 0 Å². The molecule has 0 aromatic heterocycles. The third-order valence-corrected chi connectivity index (χ3v) is 10.9. The molecule has 0 aliphatic rings. The average molecular weight is 901 g/mol. The number of hydrogen-bond acceptors (Lipinski definition) is 6. The summed E-state index contributed by atoms with van der Waals surface area (Å²) >= 11 is 0. The van der Waals surface area contributed by atoms with Crippen molar-refractivity contribution in [2.45, 2.75) is 232 Å². The van der Waals surface area contributed by atoms with Gasteiger partial charge in [0.05, 0.1) is 0 Å². The number of carbonyl (C=O) groups excluding carboxylic acids is 3. The summed E-state index contributed by atoms with van der Waals surface area (Å²) in [4.78, 5) is 38.0. The van der Waals surface area contributed by atoms with Crippen molar-refractivity contribution in [2.24, 2.45) is 0 Å². The van der Waals surface area contributed by atoms with Crippen molar-refractivity contribution in [2.75, 3.05) is 13.2 Å². The summed E-state index contributed by atoms with van der Waals surface area (Å²) < 4.78 is 16.7. The molecule has 65 heavy (non-hydrogen) atoms. The number of rotatable bonds is 46. The normalized spacial score (nSPS) is 13.0. The Balaban J connectivity index is 4.53. The van der Waals surface area contributed by atoms with Crippen LogP contribution in [0.25, 0.3) is 0 Å². The molecule has 0 N–H and O–H groups in total. The van der Waals surface area contributed by atoms with Crippen LogP contribution < -0.4 is 0 Å². The van der Waals surface area contributed by atoms with Crippen LogP contribution in [0.4, 0.5) is 0 Å². The molecule has 6 nitrogen and oxygen atoms in total. The molecule has 0 saturated carbocycles. The van der Waals surface area contributed by atoms with Crippen molar-refractivity contribution in [1.82, 2.24) is 0 Å². The van der Waals surface area contributed by atoms with Crippen LogP contribution in [0, 0.1) is 0 Å². The minimum absolute atomic E-state index is 0.114. The largest absolute Gasteiger partial charge is 0.462 e. The second-order valence-corrected chi connectivity index (χ2v) is 17.2. The molecule has 368 valence electrons. The fraction of sp³-hybridized carbons (Fsp3) is 0.644. The van der Waals surface area contributed by atoms with Crippen molar-refractivity contribution in [3.63, 3.8) is 0 Å². The molecule has 0 heterocycles. The Morgan fingerprint density at radius 1 is 0.323 bits per heavy atom. The first-order valence-corrected chi connectivity index (χ1v) is 26.5. The van der Waals surface area contributed by atoms with E-state index in [0.29, 0.717) is 12.8 Å². The van der Waals surface area contributed by atoms with E-state index in [0.717, 1.165) is 109 Å². The molecule has 0 amide bonds. The zero-order valence-electron chi connectivity index (χ0n) is 42.0. The number of ether oxygens (including phenoxy) is 3. The summed E-state index contributed by atoms with van der Waals surface area (Å²) in [7, 11) is 0. The number of unbranched alkanes of at least 4 members (excludes halogenated alkanes) is 23. The molecule has 0 fully saturated rings. The van der Waals surface area contributed by atoms with Gasteiger partial charge in [-0.1, -0.05) is 226 Å². The van der Waals surface area contributed by atoms with E-state index >= 15 is 0 Å². The maximum Gasteiger partial charge on any atom is 0.306 e. The van der Waals surface area contributed by atoms with Gasteiger partial charge in [0, 0.05) is 19.3 Å². The molecule has 0 aromatic rings. The molecule has 0 aliphatic heterocycles. The van der Waals surface area contributed by atoms with E-state index in [2.05, 4.69) is 93.7 Å². The lowest BCUT2D eigenvalue weighted by Crippen LogP contribution is -2.30. The minimum atomic E-state index is -0.818. The van der Waals surface area contributed by atoms with E-state index < -0.39 is 6.10 Å². The average Bonchev–Trinajstić information content (AvgIpc) is 3.30. The third-order valence-electron chi connectivity index (χ3n) is 10.9. The second-order valence-electron chi connectivity index (χ2n) is 17.2. The number of esters is 3. The molecule has 1 unspecified atom stereocenters. The van der Waals surface area contributed by atoms with E-state index in [1.807, 2.05) is 36.5 Å². The van der Waals surface area contributed by atoms with Crippen LogP contribution in [0.15, 0.2) is 109 Å². The summed E-state index contributed by atoms with van der Waals surface area (Å²) in [5.74, 6) is -1.00. The second kappa shape index (κ2) is 52.7. The molecule has 0 spiro atoms. The van der Waals surface area contributed by atoms with Gasteiger partial charge in [0.15, 0.2) is 6.10 Å². The van der Waals surface area contributed by atoms with Gasteiger partial charge in [0.2, 0.25) is 0 Å². The summed E-state index contributed by atoms with van der Waals surface area (Å²) in [6.45, 7) is 6.39. The zero-order valence-corrected chi connectivity index (χ0v) is 42.0. The van der Waals surface area contributed by atoms with Gasteiger partial charge in [-0.3, -0.25) is 14.4 Å². The van der Waals surface area contributed by atoms with Crippen LogP contribution in [0.1, 0.15) is 226 Å². The van der Waals surface area contributed by atoms with Crippen molar-refractivity contribution in [3.05, 3.63) is 109 Å². The minimum Gasteiger partial charge on any atom is -0.462 e. The molecule has 0 saturated heterocycles. The highest BCUT2D eigenvalue weighted by atomic mass is 16.6. The van der Waals surface area contributed by atoms with Gasteiger partial charge in [-0.05, 0) is 89.9 Å². The maximum absolute atomic E-state index is 12.8. The topological polar surface area (TPSA) is 78.9 Å². The van der Waals surface area contributed by atoms with Crippen LogP contribution in [-0.2, 0) is 28.6 Å². The molecular formula is C59H96O6. The number of carbonyl (C=O) groups is 3. The van der Waals surface area contributed by atoms with E-state index in [1.54, 1.807) is 0 Å². The molecule has 0 aromatic carbocycles. The van der Waals surface area contributed by atoms with E-state index in [4.69, 9.17) is 14.2 Å². The van der Waals surface area contributed by atoms with Crippen molar-refractivity contribution >= 4 is 17.9 Å². The maximum atomic E-state index is 12.8. The Bertz CT molecular complexity index is 1360. The smallest absolute Gasteiger partial charge is 0.306 e. The monoisotopic (exact) mass is 901 g/mol. The van der Waals surface area contributed by atoms with Crippen LogP contribution >= 0.6 is 0 Å². The van der Waals surface area contributed by atoms with Gasteiger partial charge in [-0.15, -0.1) is 0 Å². The highest BCUT2D eigenvalue weighted by Crippen LogP contribution is 2.13. The fourth-order valence-corrected chi connectivity index (χ4v) is 6.91. The lowest BCUT2D eigenvalue weighted by molar-refractivity contribution is -0.167. The molecule has 0 aliphatic carbocycles. The predicted octanol–water partition coefficient (Wildman–Crippen LogP) is 17.5. The Kier molecular flexibility index (Phi) is 49.5. The summed E-state index contributed by atoms with van der Waals surface area (Å²) in [5.41, 5.74) is 0. The van der Waals surface area contributed by atoms with Crippen LogP contribution in [0.3, 0.4) is 0 Å². The highest BCUT2D eigenvalue weighted by molar-refractivity contribution is 5.71. The van der Waals surface area contributed by atoms with Gasteiger partial charge in [0.1, 0.15) is 13.2 Å². The van der Waals surface area contributed by atoms with Crippen LogP contribution in [-0.4, -0.2) is 37.2 Å². The zero-order chi connectivity index (χ0) is 47.2. The van der Waals surface area contributed by atoms with Gasteiger partial charge >= 0.3 is 17.9 Å². The van der Waals surface area contributed by atoms with Crippen LogP contribution in [0.2, 0.25) is 0 Å². The molecule has 0 rings (SSSR count). The Hall–Kier alpha value is -3.93. The van der Waals surface area contributed by atoms with Crippen molar-refractivity contribution < 1.29 is 28.6 Å². The number of allylic oxidation sites excluding steroid dienone is 18. The van der Waals surface area contributed by atoms with E-state index in [1.165, 1.54) is 77.0 Å². The standard InChI is InChI=1S/C59H96O6/c1-4-7-10-13-16-19-22-25-27-29-30-32-34-37-40-43-46-49-52-58(61)64-55-56(54-63-57(60)51-48-45-42-39-36-33-24-21-18-15-12-9-6-3)65-59(62)53-50-47-44-41-38-35-31-28-26-23-20-17-14-11-8-5-2/h9,12,15,18,21-22,24-25,27-33,35-36,38,56H,4-8,10-11,13-14,16-17,19-20,23,26,34,37,39-55H2,1-3H3/b12-9-,18-15-,24-21-,25-22-,29-27-,31-28-,32-30-,36-33-,38-35-. The van der Waals surface area contributed by atoms with Crippen molar-refractivity contribution in [3.8, 4) is 0 Å². The van der Waals surface area contributed by atoms with Crippen molar-refractivity contribution in [1.29, 1.82) is 0 Å². The fourth-order valence-electron chi connectivity index (χ4n) is 6.91. The summed E-state index contributed by atoms with van der Waals surface area (Å²) in [5, 5.41) is 0. The van der Waals surface area contributed by atoms with E-state index in [9.17, 15) is 14.4 Å². The van der Waals surface area contributed by atoms with Crippen LogP contribution in [0.5, 0.6) is 0 Å². The molecule has 6 heteroatoms. The summed E-state index contributed by atoms with van der Waals surface area (Å²) in [6.07, 6.45) is 70.7. The third kappa shape index (κ3) is 50.9. The molecule has 0 bridgehead atoms.